The molecule has 4 heteroatoms. The minimum Gasteiger partial charge on any atom is -0.396 e. The second kappa shape index (κ2) is 5.57. The summed E-state index contributed by atoms with van der Waals surface area (Å²) in [5, 5.41) is 10.8. The third-order valence-corrected chi connectivity index (χ3v) is 4.19. The summed E-state index contributed by atoms with van der Waals surface area (Å²) >= 11 is 12.2. The van der Waals surface area contributed by atoms with E-state index in [-0.39, 0.29) is 12.0 Å². The number of hydrogen-bond donors (Lipinski definition) is 1. The second-order valence-electron chi connectivity index (χ2n) is 4.70. The summed E-state index contributed by atoms with van der Waals surface area (Å²) in [6.07, 6.45) is 2.66. The highest BCUT2D eigenvalue weighted by Crippen LogP contribution is 2.36. The van der Waals surface area contributed by atoms with Gasteiger partial charge in [0.25, 0.3) is 0 Å². The molecule has 0 radical (unpaired) electrons. The second-order valence-corrected chi connectivity index (χ2v) is 5.49. The van der Waals surface area contributed by atoms with Crippen LogP contribution in [0.4, 0.5) is 0 Å². The van der Waals surface area contributed by atoms with Crippen molar-refractivity contribution in [3.05, 3.63) is 33.8 Å². The van der Waals surface area contributed by atoms with Gasteiger partial charge >= 0.3 is 0 Å². The summed E-state index contributed by atoms with van der Waals surface area (Å²) in [6, 6.07) is 5.62. The van der Waals surface area contributed by atoms with Gasteiger partial charge in [-0.25, -0.2) is 0 Å². The molecule has 0 spiro atoms. The molecule has 1 aliphatic rings. The van der Waals surface area contributed by atoms with E-state index in [0.29, 0.717) is 23.1 Å². The van der Waals surface area contributed by atoms with Crippen molar-refractivity contribution in [2.45, 2.75) is 19.3 Å². The SMILES string of the molecule is OCC1(Cc2cccc(Cl)c2Cl)CCCOC1. The minimum atomic E-state index is -0.202. The molecule has 1 fully saturated rings. The summed E-state index contributed by atoms with van der Waals surface area (Å²) < 4.78 is 5.48. The molecule has 1 N–H and O–H groups in total. The van der Waals surface area contributed by atoms with Gasteiger partial charge in [-0.1, -0.05) is 35.3 Å². The summed E-state index contributed by atoms with van der Waals surface area (Å²) in [5.41, 5.74) is 0.783. The fourth-order valence-corrected chi connectivity index (χ4v) is 2.71. The zero-order valence-corrected chi connectivity index (χ0v) is 11.1. The zero-order valence-electron chi connectivity index (χ0n) is 9.59. The Morgan fingerprint density at radius 2 is 2.18 bits per heavy atom. The van der Waals surface area contributed by atoms with E-state index >= 15 is 0 Å². The molecule has 2 nitrogen and oxygen atoms in total. The Hall–Kier alpha value is -0.280. The van der Waals surface area contributed by atoms with Crippen LogP contribution in [0.1, 0.15) is 18.4 Å². The topological polar surface area (TPSA) is 29.5 Å². The molecule has 1 aliphatic heterocycles. The number of ether oxygens (including phenoxy) is 1. The van der Waals surface area contributed by atoms with Gasteiger partial charge in [0.05, 0.1) is 23.3 Å². The Labute approximate surface area is 111 Å². The van der Waals surface area contributed by atoms with E-state index in [9.17, 15) is 5.11 Å². The molecule has 1 aromatic carbocycles. The summed E-state index contributed by atoms with van der Waals surface area (Å²) in [4.78, 5) is 0. The molecule has 1 heterocycles. The van der Waals surface area contributed by atoms with E-state index in [1.54, 1.807) is 6.07 Å². The molecule has 0 aliphatic carbocycles. The first-order valence-corrected chi connectivity index (χ1v) is 6.54. The molecule has 0 aromatic heterocycles. The van der Waals surface area contributed by atoms with Crippen LogP contribution < -0.4 is 0 Å². The van der Waals surface area contributed by atoms with Crippen LogP contribution in [0.2, 0.25) is 10.0 Å². The van der Waals surface area contributed by atoms with E-state index in [0.717, 1.165) is 25.0 Å². The normalized spacial score (nSPS) is 24.9. The predicted molar refractivity (Wildman–Crippen MR) is 69.7 cm³/mol. The molecule has 0 bridgehead atoms. The molecule has 17 heavy (non-hydrogen) atoms. The molecular formula is C13H16Cl2O2. The van der Waals surface area contributed by atoms with Gasteiger partial charge < -0.3 is 9.84 Å². The van der Waals surface area contributed by atoms with Crippen LogP contribution >= 0.6 is 23.2 Å². The van der Waals surface area contributed by atoms with Gasteiger partial charge in [0, 0.05) is 12.0 Å². The Morgan fingerprint density at radius 3 is 2.82 bits per heavy atom. The van der Waals surface area contributed by atoms with Crippen molar-refractivity contribution in [1.82, 2.24) is 0 Å². The Balaban J connectivity index is 2.20. The van der Waals surface area contributed by atoms with E-state index in [1.165, 1.54) is 0 Å². The lowest BCUT2D eigenvalue weighted by Crippen LogP contribution is -2.37. The largest absolute Gasteiger partial charge is 0.396 e. The van der Waals surface area contributed by atoms with Gasteiger partial charge in [-0.15, -0.1) is 0 Å². The average Bonchev–Trinajstić information content (AvgIpc) is 2.36. The smallest absolute Gasteiger partial charge is 0.0624 e. The van der Waals surface area contributed by atoms with Crippen molar-refractivity contribution in [2.24, 2.45) is 5.41 Å². The van der Waals surface area contributed by atoms with Crippen LogP contribution in [-0.2, 0) is 11.2 Å². The van der Waals surface area contributed by atoms with E-state index in [4.69, 9.17) is 27.9 Å². The summed E-state index contributed by atoms with van der Waals surface area (Å²) in [6.45, 7) is 1.49. The fraction of sp³-hybridized carbons (Fsp3) is 0.538. The van der Waals surface area contributed by atoms with Crippen molar-refractivity contribution in [3.63, 3.8) is 0 Å². The average molecular weight is 275 g/mol. The molecule has 1 unspecified atom stereocenters. The van der Waals surface area contributed by atoms with Gasteiger partial charge in [-0.2, -0.15) is 0 Å². The quantitative estimate of drug-likeness (QED) is 0.916. The third kappa shape index (κ3) is 2.94. The van der Waals surface area contributed by atoms with Gasteiger partial charge in [0.15, 0.2) is 0 Å². The highest BCUT2D eigenvalue weighted by molar-refractivity contribution is 6.42. The van der Waals surface area contributed by atoms with Crippen LogP contribution in [0, 0.1) is 5.41 Å². The number of hydrogen-bond acceptors (Lipinski definition) is 2. The molecule has 2 rings (SSSR count). The van der Waals surface area contributed by atoms with Gasteiger partial charge in [-0.3, -0.25) is 0 Å². The minimum absolute atomic E-state index is 0.121. The molecule has 1 aromatic rings. The highest BCUT2D eigenvalue weighted by atomic mass is 35.5. The first-order chi connectivity index (χ1) is 8.17. The van der Waals surface area contributed by atoms with Crippen molar-refractivity contribution < 1.29 is 9.84 Å². The molecule has 0 saturated carbocycles. The zero-order chi connectivity index (χ0) is 12.3. The standard InChI is InChI=1S/C13H16Cl2O2/c14-11-4-1-3-10(12(11)15)7-13(8-16)5-2-6-17-9-13/h1,3-4,16H,2,5-9H2. The highest BCUT2D eigenvalue weighted by Gasteiger charge is 2.33. The maximum atomic E-state index is 9.61. The maximum absolute atomic E-state index is 9.61. The van der Waals surface area contributed by atoms with Gasteiger partial charge in [0.2, 0.25) is 0 Å². The Kier molecular flexibility index (Phi) is 4.31. The van der Waals surface area contributed by atoms with Crippen LogP contribution in [0.3, 0.4) is 0 Å². The van der Waals surface area contributed by atoms with Crippen molar-refractivity contribution >= 4 is 23.2 Å². The number of aliphatic hydroxyl groups is 1. The number of rotatable bonds is 3. The number of aliphatic hydroxyl groups excluding tert-OH is 1. The first kappa shape index (κ1) is 13.2. The molecular weight excluding hydrogens is 259 g/mol. The first-order valence-electron chi connectivity index (χ1n) is 5.78. The lowest BCUT2D eigenvalue weighted by atomic mass is 9.78. The lowest BCUT2D eigenvalue weighted by molar-refractivity contribution is -0.0378. The van der Waals surface area contributed by atoms with Crippen molar-refractivity contribution in [2.75, 3.05) is 19.8 Å². The Bertz CT molecular complexity index is 387. The van der Waals surface area contributed by atoms with Gasteiger partial charge in [-0.05, 0) is 30.9 Å². The number of benzene rings is 1. The van der Waals surface area contributed by atoms with Crippen LogP contribution in [0.25, 0.3) is 0 Å². The van der Waals surface area contributed by atoms with Crippen LogP contribution in [0.5, 0.6) is 0 Å². The predicted octanol–water partition coefficient (Wildman–Crippen LogP) is 3.33. The Morgan fingerprint density at radius 1 is 1.35 bits per heavy atom. The van der Waals surface area contributed by atoms with E-state index in [2.05, 4.69) is 0 Å². The third-order valence-electron chi connectivity index (χ3n) is 3.34. The van der Waals surface area contributed by atoms with E-state index in [1.807, 2.05) is 12.1 Å². The van der Waals surface area contributed by atoms with Crippen molar-refractivity contribution in [3.8, 4) is 0 Å². The molecule has 94 valence electrons. The summed E-state index contributed by atoms with van der Waals surface area (Å²) in [5.74, 6) is 0. The molecule has 1 saturated heterocycles. The van der Waals surface area contributed by atoms with Gasteiger partial charge in [0.1, 0.15) is 0 Å². The van der Waals surface area contributed by atoms with Crippen LogP contribution in [-0.4, -0.2) is 24.9 Å². The summed E-state index contributed by atoms with van der Waals surface area (Å²) in [7, 11) is 0. The molecule has 1 atom stereocenters. The van der Waals surface area contributed by atoms with Crippen molar-refractivity contribution in [1.29, 1.82) is 0 Å². The van der Waals surface area contributed by atoms with E-state index < -0.39 is 0 Å². The molecule has 0 amide bonds. The fourth-order valence-electron chi connectivity index (χ4n) is 2.32. The number of halogens is 2. The lowest BCUT2D eigenvalue weighted by Gasteiger charge is -2.35. The van der Waals surface area contributed by atoms with Crippen LogP contribution in [0.15, 0.2) is 18.2 Å². The maximum Gasteiger partial charge on any atom is 0.0624 e. The monoisotopic (exact) mass is 274 g/mol.